The number of benzene rings is 1. The summed E-state index contributed by atoms with van der Waals surface area (Å²) in [5.74, 6) is 2.06. The average molecular weight is 431 g/mol. The number of rotatable bonds is 6. The number of nitrogens with zero attached hydrogens (tertiary/aromatic N) is 4. The van der Waals surface area contributed by atoms with Crippen LogP contribution >= 0.6 is 11.3 Å². The molecule has 8 heteroatoms. The zero-order valence-corrected chi connectivity index (χ0v) is 18.6. The van der Waals surface area contributed by atoms with Crippen LogP contribution in [0.1, 0.15) is 48.6 Å². The molecule has 2 heterocycles. The first-order chi connectivity index (χ1) is 14.7. The van der Waals surface area contributed by atoms with E-state index in [2.05, 4.69) is 15.1 Å². The van der Waals surface area contributed by atoms with Crippen LogP contribution in [0.5, 0.6) is 11.5 Å². The molecule has 7 nitrogen and oxygen atoms in total. The fourth-order valence-corrected chi connectivity index (χ4v) is 5.36. The first-order valence-corrected chi connectivity index (χ1v) is 11.6. The van der Waals surface area contributed by atoms with Gasteiger partial charge in [-0.3, -0.25) is 4.79 Å². The number of carbonyl (C=O) groups is 1. The molecule has 30 heavy (non-hydrogen) atoms. The van der Waals surface area contributed by atoms with Gasteiger partial charge in [0.05, 0.1) is 20.6 Å². The maximum absolute atomic E-state index is 12.8. The third-order valence-corrected chi connectivity index (χ3v) is 7.24. The van der Waals surface area contributed by atoms with Crippen LogP contribution in [0.4, 0.5) is 5.13 Å². The highest BCUT2D eigenvalue weighted by atomic mass is 32.1. The lowest BCUT2D eigenvalue weighted by atomic mass is 9.90. The molecule has 0 spiro atoms. The molecule has 0 bridgehead atoms. The summed E-state index contributed by atoms with van der Waals surface area (Å²) in [6.45, 7) is 3.03. The van der Waals surface area contributed by atoms with Gasteiger partial charge in [0, 0.05) is 32.1 Å². The second-order valence-corrected chi connectivity index (χ2v) is 8.98. The molecule has 0 unspecified atom stereocenters. The predicted octanol–water partition coefficient (Wildman–Crippen LogP) is 3.49. The molecule has 1 aromatic carbocycles. The Morgan fingerprint density at radius 3 is 2.47 bits per heavy atom. The molecule has 1 saturated heterocycles. The van der Waals surface area contributed by atoms with Crippen LogP contribution in [0.25, 0.3) is 0 Å². The van der Waals surface area contributed by atoms with Crippen LogP contribution in [0.3, 0.4) is 0 Å². The molecule has 0 atom stereocenters. The Morgan fingerprint density at radius 1 is 1.03 bits per heavy atom. The zero-order chi connectivity index (χ0) is 20.9. The van der Waals surface area contributed by atoms with Crippen molar-refractivity contribution in [3.05, 3.63) is 28.8 Å². The van der Waals surface area contributed by atoms with E-state index in [1.807, 2.05) is 23.1 Å². The van der Waals surface area contributed by atoms with Crippen LogP contribution in [0.2, 0.25) is 0 Å². The Kier molecular flexibility index (Phi) is 6.72. The van der Waals surface area contributed by atoms with Crippen molar-refractivity contribution < 1.29 is 14.3 Å². The van der Waals surface area contributed by atoms with E-state index in [1.54, 1.807) is 25.6 Å². The smallest absolute Gasteiger partial charge is 0.227 e. The van der Waals surface area contributed by atoms with Crippen molar-refractivity contribution in [2.75, 3.05) is 45.3 Å². The number of aromatic nitrogens is 2. The normalized spacial score (nSPS) is 17.8. The Bertz CT molecular complexity index is 858. The highest BCUT2D eigenvalue weighted by molar-refractivity contribution is 7.15. The lowest BCUT2D eigenvalue weighted by molar-refractivity contribution is -0.130. The largest absolute Gasteiger partial charge is 0.493 e. The third-order valence-electron chi connectivity index (χ3n) is 6.09. The molecule has 1 aliphatic heterocycles. The minimum Gasteiger partial charge on any atom is -0.493 e. The second kappa shape index (κ2) is 9.64. The minimum absolute atomic E-state index is 0.141. The van der Waals surface area contributed by atoms with Gasteiger partial charge in [0.2, 0.25) is 11.0 Å². The van der Waals surface area contributed by atoms with Crippen LogP contribution < -0.4 is 14.4 Å². The Balaban J connectivity index is 1.31. The van der Waals surface area contributed by atoms with Gasteiger partial charge in [0.1, 0.15) is 5.01 Å². The minimum atomic E-state index is 0.141. The first kappa shape index (κ1) is 20.9. The molecular weight excluding hydrogens is 400 g/mol. The van der Waals surface area contributed by atoms with Crippen LogP contribution in [-0.2, 0) is 11.2 Å². The number of hydrogen-bond acceptors (Lipinski definition) is 7. The van der Waals surface area contributed by atoms with E-state index in [1.165, 1.54) is 37.1 Å². The Morgan fingerprint density at radius 2 is 1.77 bits per heavy atom. The van der Waals surface area contributed by atoms with Crippen LogP contribution in [0, 0.1) is 0 Å². The van der Waals surface area contributed by atoms with Gasteiger partial charge in [-0.25, -0.2) is 0 Å². The number of amides is 1. The summed E-state index contributed by atoms with van der Waals surface area (Å²) in [7, 11) is 3.22. The van der Waals surface area contributed by atoms with Crippen molar-refractivity contribution in [1.29, 1.82) is 0 Å². The summed E-state index contributed by atoms with van der Waals surface area (Å²) in [4.78, 5) is 17.0. The molecule has 0 radical (unpaired) electrons. The van der Waals surface area contributed by atoms with E-state index in [-0.39, 0.29) is 5.91 Å². The van der Waals surface area contributed by atoms with Crippen LogP contribution in [0.15, 0.2) is 18.2 Å². The van der Waals surface area contributed by atoms with Crippen molar-refractivity contribution >= 4 is 22.4 Å². The average Bonchev–Trinajstić information content (AvgIpc) is 3.30. The molecule has 1 amide bonds. The van der Waals surface area contributed by atoms with E-state index in [0.29, 0.717) is 36.9 Å². The number of piperazine rings is 1. The van der Waals surface area contributed by atoms with Gasteiger partial charge in [0.15, 0.2) is 11.5 Å². The van der Waals surface area contributed by atoms with E-state index in [9.17, 15) is 4.79 Å². The van der Waals surface area contributed by atoms with E-state index in [0.717, 1.165) is 23.8 Å². The molecule has 1 aliphatic carbocycles. The molecule has 162 valence electrons. The molecule has 2 aromatic rings. The van der Waals surface area contributed by atoms with Gasteiger partial charge >= 0.3 is 0 Å². The number of methoxy groups -OCH3 is 2. The predicted molar refractivity (Wildman–Crippen MR) is 118 cm³/mol. The Hall–Kier alpha value is -2.35. The first-order valence-electron chi connectivity index (χ1n) is 10.7. The zero-order valence-electron chi connectivity index (χ0n) is 17.8. The standard InChI is InChI=1S/C22H30N4O3S/c1-28-18-9-8-16(14-19(18)29-2)15-20(27)25-10-12-26(13-11-25)22-24-23-21(30-22)17-6-4-3-5-7-17/h8-9,14,17H,3-7,10-13,15H2,1-2H3. The summed E-state index contributed by atoms with van der Waals surface area (Å²) in [6.07, 6.45) is 6.81. The van der Waals surface area contributed by atoms with Gasteiger partial charge in [0.25, 0.3) is 0 Å². The molecule has 0 N–H and O–H groups in total. The molecular formula is C22H30N4O3S. The number of anilines is 1. The summed E-state index contributed by atoms with van der Waals surface area (Å²) in [5.41, 5.74) is 0.932. The van der Waals surface area contributed by atoms with Gasteiger partial charge < -0.3 is 19.3 Å². The van der Waals surface area contributed by atoms with E-state index < -0.39 is 0 Å². The molecule has 2 aliphatic rings. The van der Waals surface area contributed by atoms with E-state index >= 15 is 0 Å². The van der Waals surface area contributed by atoms with Crippen molar-refractivity contribution in [3.63, 3.8) is 0 Å². The summed E-state index contributed by atoms with van der Waals surface area (Å²) < 4.78 is 10.6. The molecule has 2 fully saturated rings. The molecule has 1 saturated carbocycles. The SMILES string of the molecule is COc1ccc(CC(=O)N2CCN(c3nnc(C4CCCCC4)s3)CC2)cc1OC. The topological polar surface area (TPSA) is 67.8 Å². The van der Waals surface area contributed by atoms with Gasteiger partial charge in [-0.2, -0.15) is 0 Å². The summed E-state index contributed by atoms with van der Waals surface area (Å²) in [6, 6.07) is 5.64. The lowest BCUT2D eigenvalue weighted by Gasteiger charge is -2.34. The fourth-order valence-electron chi connectivity index (χ4n) is 4.29. The number of hydrogen-bond donors (Lipinski definition) is 0. The maximum atomic E-state index is 12.8. The van der Waals surface area contributed by atoms with E-state index in [4.69, 9.17) is 9.47 Å². The number of carbonyl (C=O) groups excluding carboxylic acids is 1. The Labute approximate surface area is 182 Å². The maximum Gasteiger partial charge on any atom is 0.227 e. The van der Waals surface area contributed by atoms with Crippen molar-refractivity contribution in [3.8, 4) is 11.5 Å². The second-order valence-electron chi connectivity index (χ2n) is 7.99. The number of ether oxygens (including phenoxy) is 2. The highest BCUT2D eigenvalue weighted by Crippen LogP contribution is 2.36. The quantitative estimate of drug-likeness (QED) is 0.699. The van der Waals surface area contributed by atoms with Gasteiger partial charge in [-0.05, 0) is 30.5 Å². The van der Waals surface area contributed by atoms with Crippen molar-refractivity contribution in [2.45, 2.75) is 44.4 Å². The molecule has 1 aromatic heterocycles. The van der Waals surface area contributed by atoms with Crippen molar-refractivity contribution in [2.24, 2.45) is 0 Å². The van der Waals surface area contributed by atoms with Gasteiger partial charge in [-0.15, -0.1) is 10.2 Å². The van der Waals surface area contributed by atoms with Crippen LogP contribution in [-0.4, -0.2) is 61.4 Å². The van der Waals surface area contributed by atoms with Crippen molar-refractivity contribution in [1.82, 2.24) is 15.1 Å². The highest BCUT2D eigenvalue weighted by Gasteiger charge is 2.25. The third kappa shape index (κ3) is 4.69. The summed E-state index contributed by atoms with van der Waals surface area (Å²) in [5, 5.41) is 11.1. The molecule has 4 rings (SSSR count). The monoisotopic (exact) mass is 430 g/mol. The lowest BCUT2D eigenvalue weighted by Crippen LogP contribution is -2.49. The fraction of sp³-hybridized carbons (Fsp3) is 0.591. The van der Waals surface area contributed by atoms with Gasteiger partial charge in [-0.1, -0.05) is 36.7 Å². The summed E-state index contributed by atoms with van der Waals surface area (Å²) >= 11 is 1.74.